The normalized spacial score (nSPS) is 10.8. The average Bonchev–Trinajstić information content (AvgIpc) is 3.48. The molecule has 0 radical (unpaired) electrons. The molecule has 8 nitrogen and oxygen atoms in total. The molecule has 0 fully saturated rings. The lowest BCUT2D eigenvalue weighted by Gasteiger charge is -2.10. The van der Waals surface area contributed by atoms with Crippen LogP contribution in [0.3, 0.4) is 0 Å². The van der Waals surface area contributed by atoms with Crippen molar-refractivity contribution < 1.29 is 18.7 Å². The molecule has 0 saturated heterocycles. The van der Waals surface area contributed by atoms with Gasteiger partial charge in [0, 0.05) is 25.3 Å². The molecule has 32 heavy (non-hydrogen) atoms. The van der Waals surface area contributed by atoms with Gasteiger partial charge >= 0.3 is 0 Å². The molecule has 2 aromatic heterocycles. The van der Waals surface area contributed by atoms with Crippen LogP contribution in [0.5, 0.6) is 11.5 Å². The van der Waals surface area contributed by atoms with Crippen LogP contribution >= 0.6 is 11.8 Å². The Hall–Kier alpha value is -2.94. The number of thioether (sulfide) groups is 1. The number of aromatic nitrogens is 3. The van der Waals surface area contributed by atoms with Gasteiger partial charge in [0.15, 0.2) is 28.2 Å². The Bertz CT molecular complexity index is 988. The second-order valence-corrected chi connectivity index (χ2v) is 8.18. The third kappa shape index (κ3) is 6.29. The van der Waals surface area contributed by atoms with Crippen LogP contribution < -0.4 is 14.8 Å². The summed E-state index contributed by atoms with van der Waals surface area (Å²) < 4.78 is 18.1. The molecule has 0 aliphatic carbocycles. The molecular weight excluding hydrogens is 428 g/mol. The highest BCUT2D eigenvalue weighted by Crippen LogP contribution is 2.27. The predicted molar refractivity (Wildman–Crippen MR) is 124 cm³/mol. The molecule has 1 N–H and O–H groups in total. The minimum atomic E-state index is 0.0762. The predicted octanol–water partition coefficient (Wildman–Crippen LogP) is 4.20. The van der Waals surface area contributed by atoms with E-state index in [4.69, 9.17) is 13.9 Å². The van der Waals surface area contributed by atoms with Crippen LogP contribution in [0.4, 0.5) is 0 Å². The van der Waals surface area contributed by atoms with Gasteiger partial charge in [-0.25, -0.2) is 0 Å². The lowest BCUT2D eigenvalue weighted by molar-refractivity contribution is -0.121. The lowest BCUT2D eigenvalue weighted by Crippen LogP contribution is -2.25. The monoisotopic (exact) mass is 458 g/mol. The zero-order chi connectivity index (χ0) is 22.8. The molecule has 3 rings (SSSR count). The van der Waals surface area contributed by atoms with E-state index in [9.17, 15) is 4.79 Å². The van der Waals surface area contributed by atoms with Crippen LogP contribution in [0.15, 0.2) is 46.2 Å². The minimum absolute atomic E-state index is 0.0762. The quantitative estimate of drug-likeness (QED) is 0.303. The van der Waals surface area contributed by atoms with Crippen molar-refractivity contribution in [3.8, 4) is 23.1 Å². The maximum atomic E-state index is 12.1. The van der Waals surface area contributed by atoms with E-state index >= 15 is 0 Å². The van der Waals surface area contributed by atoms with Crippen molar-refractivity contribution in [1.82, 2.24) is 20.1 Å². The maximum absolute atomic E-state index is 12.1. The molecule has 0 aliphatic rings. The van der Waals surface area contributed by atoms with Gasteiger partial charge < -0.3 is 19.2 Å². The maximum Gasteiger partial charge on any atom is 0.220 e. The third-order valence-electron chi connectivity index (χ3n) is 4.99. The summed E-state index contributed by atoms with van der Waals surface area (Å²) in [6.07, 6.45) is 4.66. The van der Waals surface area contributed by atoms with Gasteiger partial charge in [-0.1, -0.05) is 17.8 Å². The van der Waals surface area contributed by atoms with E-state index in [0.29, 0.717) is 24.5 Å². The fourth-order valence-electron chi connectivity index (χ4n) is 3.29. The molecule has 9 heteroatoms. The Kier molecular flexibility index (Phi) is 9.03. The Morgan fingerprint density at radius 2 is 2.00 bits per heavy atom. The summed E-state index contributed by atoms with van der Waals surface area (Å²) in [6, 6.07) is 9.53. The van der Waals surface area contributed by atoms with Crippen molar-refractivity contribution in [3.05, 3.63) is 42.2 Å². The van der Waals surface area contributed by atoms with E-state index in [1.807, 2.05) is 34.9 Å². The van der Waals surface area contributed by atoms with Crippen molar-refractivity contribution in [2.24, 2.45) is 0 Å². The number of unbranched alkanes of at least 4 members (excludes halogenated alkanes) is 1. The Balaban J connectivity index is 1.34. The summed E-state index contributed by atoms with van der Waals surface area (Å²) in [7, 11) is 3.23. The summed E-state index contributed by atoms with van der Waals surface area (Å²) in [5.74, 6) is 3.82. The number of hydrogen-bond acceptors (Lipinski definition) is 7. The highest BCUT2D eigenvalue weighted by Gasteiger charge is 2.15. The molecule has 172 valence electrons. The summed E-state index contributed by atoms with van der Waals surface area (Å²) in [6.45, 7) is 3.43. The smallest absolute Gasteiger partial charge is 0.220 e. The van der Waals surface area contributed by atoms with Gasteiger partial charge in [-0.15, -0.1) is 10.2 Å². The standard InChI is InChI=1S/C23H30N4O4S/c1-4-27-22(19-8-7-14-31-19)25-26-23(27)32-15-6-5-9-21(28)24-13-12-17-10-11-18(29-2)20(16-17)30-3/h7-8,10-11,14,16H,4-6,9,12-13,15H2,1-3H3,(H,24,28). The number of furan rings is 1. The number of hydrogen-bond donors (Lipinski definition) is 1. The van der Waals surface area contributed by atoms with Crippen molar-refractivity contribution in [2.45, 2.75) is 44.3 Å². The SMILES string of the molecule is CCn1c(SCCCCC(=O)NCCc2ccc(OC)c(OC)c2)nnc1-c1ccco1. The summed E-state index contributed by atoms with van der Waals surface area (Å²) in [5.41, 5.74) is 1.09. The van der Waals surface area contributed by atoms with E-state index in [1.165, 1.54) is 0 Å². The molecule has 0 saturated carbocycles. The number of methoxy groups -OCH3 is 2. The molecule has 2 heterocycles. The summed E-state index contributed by atoms with van der Waals surface area (Å²) in [5, 5.41) is 12.4. The first-order chi connectivity index (χ1) is 15.7. The van der Waals surface area contributed by atoms with Crippen LogP contribution in [-0.4, -0.2) is 47.2 Å². The fourth-order valence-corrected chi connectivity index (χ4v) is 4.29. The summed E-state index contributed by atoms with van der Waals surface area (Å²) >= 11 is 1.66. The third-order valence-corrected chi connectivity index (χ3v) is 6.04. The number of amides is 1. The topological polar surface area (TPSA) is 91.4 Å². The lowest BCUT2D eigenvalue weighted by atomic mass is 10.1. The molecule has 0 atom stereocenters. The fraction of sp³-hybridized carbons (Fsp3) is 0.435. The highest BCUT2D eigenvalue weighted by atomic mass is 32.2. The molecule has 0 bridgehead atoms. The van der Waals surface area contributed by atoms with E-state index in [1.54, 1.807) is 32.2 Å². The molecule has 0 spiro atoms. The molecule has 3 aromatic rings. The number of carbonyl (C=O) groups is 1. The van der Waals surface area contributed by atoms with Crippen LogP contribution in [0.25, 0.3) is 11.6 Å². The van der Waals surface area contributed by atoms with Gasteiger partial charge in [-0.2, -0.15) is 0 Å². The first kappa shape index (κ1) is 23.7. The number of ether oxygens (including phenoxy) is 2. The van der Waals surface area contributed by atoms with Crippen LogP contribution in [0.2, 0.25) is 0 Å². The number of nitrogens with zero attached hydrogens (tertiary/aromatic N) is 3. The largest absolute Gasteiger partial charge is 0.493 e. The first-order valence-electron chi connectivity index (χ1n) is 10.7. The molecule has 1 amide bonds. The van der Waals surface area contributed by atoms with Gasteiger partial charge in [-0.3, -0.25) is 9.36 Å². The van der Waals surface area contributed by atoms with Crippen LogP contribution in [-0.2, 0) is 17.8 Å². The van der Waals surface area contributed by atoms with E-state index < -0.39 is 0 Å². The van der Waals surface area contributed by atoms with Gasteiger partial charge in [0.2, 0.25) is 5.91 Å². The van der Waals surface area contributed by atoms with Gasteiger partial charge in [-0.05, 0) is 56.0 Å². The van der Waals surface area contributed by atoms with Gasteiger partial charge in [0.25, 0.3) is 0 Å². The zero-order valence-electron chi connectivity index (χ0n) is 18.8. The van der Waals surface area contributed by atoms with Crippen molar-refractivity contribution in [1.29, 1.82) is 0 Å². The Morgan fingerprint density at radius 1 is 1.16 bits per heavy atom. The molecule has 0 aliphatic heterocycles. The molecule has 0 unspecified atom stereocenters. The summed E-state index contributed by atoms with van der Waals surface area (Å²) in [4.78, 5) is 12.1. The second-order valence-electron chi connectivity index (χ2n) is 7.12. The average molecular weight is 459 g/mol. The Morgan fingerprint density at radius 3 is 2.72 bits per heavy atom. The van der Waals surface area contributed by atoms with Crippen LogP contribution in [0, 0.1) is 0 Å². The van der Waals surface area contributed by atoms with Gasteiger partial charge in [0.1, 0.15) is 0 Å². The first-order valence-corrected chi connectivity index (χ1v) is 11.7. The van der Waals surface area contributed by atoms with E-state index in [0.717, 1.165) is 53.9 Å². The number of benzene rings is 1. The number of rotatable bonds is 13. The second kappa shape index (κ2) is 12.2. The highest BCUT2D eigenvalue weighted by molar-refractivity contribution is 7.99. The zero-order valence-corrected chi connectivity index (χ0v) is 19.6. The van der Waals surface area contributed by atoms with Gasteiger partial charge in [0.05, 0.1) is 20.5 Å². The number of nitrogens with one attached hydrogen (secondary N) is 1. The minimum Gasteiger partial charge on any atom is -0.493 e. The van der Waals surface area contributed by atoms with Crippen molar-refractivity contribution in [2.75, 3.05) is 26.5 Å². The van der Waals surface area contributed by atoms with Crippen molar-refractivity contribution >= 4 is 17.7 Å². The Labute approximate surface area is 192 Å². The number of carbonyl (C=O) groups excluding carboxylic acids is 1. The van der Waals surface area contributed by atoms with Crippen molar-refractivity contribution in [3.63, 3.8) is 0 Å². The molecule has 1 aromatic carbocycles. The molecular formula is C23H30N4O4S. The van der Waals surface area contributed by atoms with Crippen LogP contribution in [0.1, 0.15) is 31.7 Å². The van der Waals surface area contributed by atoms with E-state index in [-0.39, 0.29) is 5.91 Å². The van der Waals surface area contributed by atoms with E-state index in [2.05, 4.69) is 22.4 Å².